The van der Waals surface area contributed by atoms with Gasteiger partial charge in [-0.15, -0.1) is 0 Å². The summed E-state index contributed by atoms with van der Waals surface area (Å²) in [5.41, 5.74) is 0. The van der Waals surface area contributed by atoms with Crippen molar-refractivity contribution in [1.29, 1.82) is 0 Å². The zero-order valence-electron chi connectivity index (χ0n) is 11.0. The first-order valence-electron chi connectivity index (χ1n) is 6.59. The average Bonchev–Trinajstić information content (AvgIpc) is 2.34. The maximum Gasteiger partial charge on any atom is 0.306 e. The van der Waals surface area contributed by atoms with Crippen molar-refractivity contribution >= 4 is 5.97 Å². The normalized spacial score (nSPS) is 12.8. The van der Waals surface area contributed by atoms with Crippen LogP contribution in [0, 0.1) is 5.92 Å². The second-order valence-corrected chi connectivity index (χ2v) is 4.43. The van der Waals surface area contributed by atoms with E-state index in [9.17, 15) is 4.79 Å². The van der Waals surface area contributed by atoms with Gasteiger partial charge in [-0.3, -0.25) is 4.79 Å². The lowest BCUT2D eigenvalue weighted by molar-refractivity contribution is -0.153. The first-order chi connectivity index (χ1) is 8.17. The summed E-state index contributed by atoms with van der Waals surface area (Å²) in [6.07, 6.45) is 5.01. The Morgan fingerprint density at radius 2 is 1.82 bits per heavy atom. The Labute approximate surface area is 104 Å². The molecule has 0 fully saturated rings. The Balaban J connectivity index is 3.69. The van der Waals surface area contributed by atoms with Gasteiger partial charge in [-0.2, -0.15) is 0 Å². The minimum atomic E-state index is -0.764. The van der Waals surface area contributed by atoms with Crippen molar-refractivity contribution in [2.45, 2.75) is 58.5 Å². The summed E-state index contributed by atoms with van der Waals surface area (Å²) in [6, 6.07) is 0. The van der Waals surface area contributed by atoms with E-state index >= 15 is 0 Å². The molecular formula is C13H26O4. The molecule has 0 saturated heterocycles. The number of ether oxygens (including phenoxy) is 1. The van der Waals surface area contributed by atoms with Gasteiger partial charge in [-0.05, 0) is 18.8 Å². The van der Waals surface area contributed by atoms with Crippen LogP contribution < -0.4 is 0 Å². The third-order valence-electron chi connectivity index (χ3n) is 2.97. The van der Waals surface area contributed by atoms with E-state index in [1.54, 1.807) is 0 Å². The fourth-order valence-corrected chi connectivity index (χ4v) is 1.87. The lowest BCUT2D eigenvalue weighted by Crippen LogP contribution is -2.25. The molecule has 1 unspecified atom stereocenters. The predicted octanol–water partition coefficient (Wildman–Crippen LogP) is 1.88. The van der Waals surface area contributed by atoms with Gasteiger partial charge in [0.25, 0.3) is 0 Å². The zero-order valence-corrected chi connectivity index (χ0v) is 11.0. The van der Waals surface area contributed by atoms with Crippen molar-refractivity contribution in [3.05, 3.63) is 0 Å². The van der Waals surface area contributed by atoms with E-state index in [2.05, 4.69) is 13.8 Å². The van der Waals surface area contributed by atoms with E-state index in [0.29, 0.717) is 12.3 Å². The number of carbonyl (C=O) groups is 1. The first-order valence-corrected chi connectivity index (χ1v) is 6.59. The minimum Gasteiger partial charge on any atom is -0.457 e. The molecule has 0 aromatic rings. The summed E-state index contributed by atoms with van der Waals surface area (Å²) in [5, 5.41) is 17.5. The van der Waals surface area contributed by atoms with Crippen LogP contribution in [0.2, 0.25) is 0 Å². The molecule has 4 nitrogen and oxygen atoms in total. The van der Waals surface area contributed by atoms with Crippen LogP contribution in [0.3, 0.4) is 0 Å². The molecule has 0 bridgehead atoms. The summed E-state index contributed by atoms with van der Waals surface area (Å²) in [5.74, 6) is 0.365. The molecule has 102 valence electrons. The quantitative estimate of drug-likeness (QED) is 0.578. The zero-order chi connectivity index (χ0) is 13.1. The topological polar surface area (TPSA) is 66.8 Å². The third kappa shape index (κ3) is 8.16. The van der Waals surface area contributed by atoms with Crippen LogP contribution >= 0.6 is 0 Å². The Kier molecular flexibility index (Phi) is 10.2. The average molecular weight is 246 g/mol. The molecule has 2 N–H and O–H groups in total. The smallest absolute Gasteiger partial charge is 0.306 e. The van der Waals surface area contributed by atoms with E-state index in [1.807, 2.05) is 0 Å². The van der Waals surface area contributed by atoms with Crippen LogP contribution in [0.15, 0.2) is 0 Å². The van der Waals surface area contributed by atoms with Gasteiger partial charge in [0.05, 0.1) is 13.2 Å². The molecule has 0 radical (unpaired) electrons. The Morgan fingerprint density at radius 1 is 1.18 bits per heavy atom. The fourth-order valence-electron chi connectivity index (χ4n) is 1.87. The van der Waals surface area contributed by atoms with Crippen molar-refractivity contribution < 1.29 is 19.7 Å². The molecule has 0 rings (SSSR count). The second-order valence-electron chi connectivity index (χ2n) is 4.43. The largest absolute Gasteiger partial charge is 0.457 e. The molecular weight excluding hydrogens is 220 g/mol. The van der Waals surface area contributed by atoms with E-state index in [-0.39, 0.29) is 19.2 Å². The molecule has 0 spiro atoms. The molecule has 0 amide bonds. The summed E-state index contributed by atoms with van der Waals surface area (Å²) in [7, 11) is 0. The predicted molar refractivity (Wildman–Crippen MR) is 66.6 cm³/mol. The van der Waals surface area contributed by atoms with Crippen LogP contribution in [0.5, 0.6) is 0 Å². The van der Waals surface area contributed by atoms with Crippen molar-refractivity contribution in [2.75, 3.05) is 13.2 Å². The monoisotopic (exact) mass is 246 g/mol. The van der Waals surface area contributed by atoms with Crippen LogP contribution in [0.1, 0.15) is 52.4 Å². The van der Waals surface area contributed by atoms with Gasteiger partial charge >= 0.3 is 5.97 Å². The summed E-state index contributed by atoms with van der Waals surface area (Å²) >= 11 is 0. The highest BCUT2D eigenvalue weighted by Gasteiger charge is 2.13. The highest BCUT2D eigenvalue weighted by Crippen LogP contribution is 2.18. The maximum atomic E-state index is 11.4. The number of aliphatic hydroxyl groups is 2. The minimum absolute atomic E-state index is 0.324. The number of carbonyl (C=O) groups excluding carboxylic acids is 1. The SMILES string of the molecule is CCCC(CC)CCCC(=O)OC(CO)CO. The fraction of sp³-hybridized carbons (Fsp3) is 0.923. The van der Waals surface area contributed by atoms with Gasteiger partial charge in [0.1, 0.15) is 6.10 Å². The standard InChI is InChI=1S/C13H26O4/c1-3-6-11(4-2)7-5-8-13(16)17-12(9-14)10-15/h11-12,14-15H,3-10H2,1-2H3. The van der Waals surface area contributed by atoms with E-state index in [4.69, 9.17) is 14.9 Å². The van der Waals surface area contributed by atoms with Crippen molar-refractivity contribution in [2.24, 2.45) is 5.92 Å². The van der Waals surface area contributed by atoms with Crippen molar-refractivity contribution in [1.82, 2.24) is 0 Å². The molecule has 1 atom stereocenters. The summed E-state index contributed by atoms with van der Waals surface area (Å²) in [4.78, 5) is 11.4. The Bertz CT molecular complexity index is 190. The van der Waals surface area contributed by atoms with E-state index in [1.165, 1.54) is 12.8 Å². The first kappa shape index (κ1) is 16.4. The second kappa shape index (κ2) is 10.5. The number of rotatable bonds is 10. The molecule has 0 aliphatic heterocycles. The number of esters is 1. The van der Waals surface area contributed by atoms with Gasteiger partial charge in [0, 0.05) is 6.42 Å². The highest BCUT2D eigenvalue weighted by atomic mass is 16.6. The van der Waals surface area contributed by atoms with Crippen LogP contribution in [0.25, 0.3) is 0 Å². The van der Waals surface area contributed by atoms with Gasteiger partial charge in [0.15, 0.2) is 0 Å². The van der Waals surface area contributed by atoms with Crippen molar-refractivity contribution in [3.8, 4) is 0 Å². The number of aliphatic hydroxyl groups excluding tert-OH is 2. The van der Waals surface area contributed by atoms with E-state index < -0.39 is 6.10 Å². The molecule has 0 aromatic heterocycles. The molecule has 0 heterocycles. The highest BCUT2D eigenvalue weighted by molar-refractivity contribution is 5.69. The Hall–Kier alpha value is -0.610. The molecule has 0 saturated carbocycles. The molecule has 0 aliphatic carbocycles. The number of hydrogen-bond donors (Lipinski definition) is 2. The van der Waals surface area contributed by atoms with Gasteiger partial charge < -0.3 is 14.9 Å². The van der Waals surface area contributed by atoms with E-state index in [0.717, 1.165) is 19.3 Å². The molecule has 4 heteroatoms. The van der Waals surface area contributed by atoms with Gasteiger partial charge in [-0.1, -0.05) is 33.1 Å². The molecule has 0 aliphatic rings. The van der Waals surface area contributed by atoms with Crippen molar-refractivity contribution in [3.63, 3.8) is 0 Å². The lowest BCUT2D eigenvalue weighted by Gasteiger charge is -2.15. The summed E-state index contributed by atoms with van der Waals surface area (Å²) < 4.78 is 4.89. The lowest BCUT2D eigenvalue weighted by atomic mass is 9.95. The summed E-state index contributed by atoms with van der Waals surface area (Å²) in [6.45, 7) is 3.70. The van der Waals surface area contributed by atoms with Gasteiger partial charge in [-0.25, -0.2) is 0 Å². The van der Waals surface area contributed by atoms with Crippen LogP contribution in [-0.4, -0.2) is 35.5 Å². The van der Waals surface area contributed by atoms with Gasteiger partial charge in [0.2, 0.25) is 0 Å². The third-order valence-corrected chi connectivity index (χ3v) is 2.97. The molecule has 17 heavy (non-hydrogen) atoms. The van der Waals surface area contributed by atoms with Crippen LogP contribution in [0.4, 0.5) is 0 Å². The maximum absolute atomic E-state index is 11.4. The number of hydrogen-bond acceptors (Lipinski definition) is 4. The van der Waals surface area contributed by atoms with Crippen LogP contribution in [-0.2, 0) is 9.53 Å². The Morgan fingerprint density at radius 3 is 2.29 bits per heavy atom. The molecule has 0 aromatic carbocycles.